The number of rotatable bonds is 7. The molecule has 0 fully saturated rings. The minimum Gasteiger partial charge on any atom is -0.494 e. The molecule has 0 saturated heterocycles. The smallest absolute Gasteiger partial charge is 0.251 e. The first-order chi connectivity index (χ1) is 11.5. The Labute approximate surface area is 145 Å². The largest absolute Gasteiger partial charge is 0.494 e. The van der Waals surface area contributed by atoms with Gasteiger partial charge in [-0.05, 0) is 62.1 Å². The third-order valence-corrected chi connectivity index (χ3v) is 4.10. The van der Waals surface area contributed by atoms with Crippen molar-refractivity contribution in [1.82, 2.24) is 5.32 Å². The van der Waals surface area contributed by atoms with Crippen LogP contribution in [0.3, 0.4) is 0 Å². The molecule has 24 heavy (non-hydrogen) atoms. The monoisotopic (exact) mass is 325 g/mol. The lowest BCUT2D eigenvalue weighted by Gasteiger charge is -2.20. The van der Waals surface area contributed by atoms with E-state index in [1.54, 1.807) is 0 Å². The van der Waals surface area contributed by atoms with Gasteiger partial charge in [0.25, 0.3) is 5.91 Å². The van der Waals surface area contributed by atoms with Crippen LogP contribution in [0.4, 0.5) is 0 Å². The molecule has 1 atom stereocenters. The molecule has 0 bridgehead atoms. The third kappa shape index (κ3) is 4.60. The van der Waals surface area contributed by atoms with Crippen LogP contribution < -0.4 is 10.1 Å². The molecule has 0 heterocycles. The van der Waals surface area contributed by atoms with E-state index in [2.05, 4.69) is 51.2 Å². The van der Waals surface area contributed by atoms with E-state index in [-0.39, 0.29) is 11.9 Å². The van der Waals surface area contributed by atoms with Crippen LogP contribution in [0.25, 0.3) is 0 Å². The number of benzene rings is 2. The molecule has 0 aliphatic rings. The maximum absolute atomic E-state index is 12.5. The Bertz CT molecular complexity index is 677. The average Bonchev–Trinajstić information content (AvgIpc) is 2.58. The van der Waals surface area contributed by atoms with E-state index in [4.69, 9.17) is 4.74 Å². The van der Waals surface area contributed by atoms with Crippen LogP contribution in [0.1, 0.15) is 59.8 Å². The van der Waals surface area contributed by atoms with Crippen LogP contribution in [0.2, 0.25) is 0 Å². The number of aryl methyl sites for hydroxylation is 2. The van der Waals surface area contributed by atoms with Crippen LogP contribution >= 0.6 is 0 Å². The summed E-state index contributed by atoms with van der Waals surface area (Å²) in [5, 5.41) is 3.14. The summed E-state index contributed by atoms with van der Waals surface area (Å²) < 4.78 is 5.56. The fraction of sp³-hybridized carbons (Fsp3) is 0.381. The van der Waals surface area contributed by atoms with Crippen molar-refractivity contribution in [3.63, 3.8) is 0 Å². The van der Waals surface area contributed by atoms with Crippen LogP contribution in [-0.4, -0.2) is 12.5 Å². The first-order valence-electron chi connectivity index (χ1n) is 8.66. The van der Waals surface area contributed by atoms with Crippen LogP contribution in [-0.2, 0) is 0 Å². The molecule has 2 aromatic carbocycles. The third-order valence-electron chi connectivity index (χ3n) is 4.10. The van der Waals surface area contributed by atoms with Crippen molar-refractivity contribution in [2.24, 2.45) is 0 Å². The van der Waals surface area contributed by atoms with E-state index in [0.29, 0.717) is 12.2 Å². The van der Waals surface area contributed by atoms with E-state index in [1.807, 2.05) is 24.3 Å². The molecule has 3 heteroatoms. The van der Waals surface area contributed by atoms with Gasteiger partial charge in [-0.2, -0.15) is 0 Å². The molecule has 0 aromatic heterocycles. The molecule has 1 amide bonds. The van der Waals surface area contributed by atoms with Crippen molar-refractivity contribution in [1.29, 1.82) is 0 Å². The van der Waals surface area contributed by atoms with Gasteiger partial charge in [0.1, 0.15) is 5.75 Å². The average molecular weight is 325 g/mol. The first kappa shape index (κ1) is 18.1. The molecular formula is C21H27NO2. The SMILES string of the molecule is CCCOc1ccc(C(=O)N[C@@H](CC)c2ccc(C)cc2C)cc1. The van der Waals surface area contributed by atoms with Crippen LogP contribution in [0.5, 0.6) is 5.75 Å². The fourth-order valence-electron chi connectivity index (χ4n) is 2.78. The highest BCUT2D eigenvalue weighted by molar-refractivity contribution is 5.94. The lowest BCUT2D eigenvalue weighted by atomic mass is 9.97. The number of carbonyl (C=O) groups excluding carboxylic acids is 1. The van der Waals surface area contributed by atoms with Gasteiger partial charge in [0, 0.05) is 5.56 Å². The predicted molar refractivity (Wildman–Crippen MR) is 98.6 cm³/mol. The molecular weight excluding hydrogens is 298 g/mol. The molecule has 0 spiro atoms. The van der Waals surface area contributed by atoms with Crippen molar-refractivity contribution in [2.75, 3.05) is 6.61 Å². The van der Waals surface area contributed by atoms with Gasteiger partial charge in [-0.25, -0.2) is 0 Å². The Morgan fingerprint density at radius 3 is 2.38 bits per heavy atom. The Morgan fingerprint density at radius 2 is 1.79 bits per heavy atom. The summed E-state index contributed by atoms with van der Waals surface area (Å²) in [7, 11) is 0. The van der Waals surface area contributed by atoms with E-state index in [9.17, 15) is 4.79 Å². The molecule has 3 nitrogen and oxygen atoms in total. The van der Waals surface area contributed by atoms with Gasteiger partial charge in [0.2, 0.25) is 0 Å². The highest BCUT2D eigenvalue weighted by atomic mass is 16.5. The molecule has 0 radical (unpaired) electrons. The number of ether oxygens (including phenoxy) is 1. The Morgan fingerprint density at radius 1 is 1.08 bits per heavy atom. The minimum absolute atomic E-state index is 0.0223. The quantitative estimate of drug-likeness (QED) is 0.780. The summed E-state index contributed by atoms with van der Waals surface area (Å²) in [5.74, 6) is 0.749. The zero-order valence-electron chi connectivity index (χ0n) is 15.1. The summed E-state index contributed by atoms with van der Waals surface area (Å²) in [6.07, 6.45) is 1.82. The second-order valence-electron chi connectivity index (χ2n) is 6.17. The van der Waals surface area contributed by atoms with Gasteiger partial charge >= 0.3 is 0 Å². The number of hydrogen-bond donors (Lipinski definition) is 1. The summed E-state index contributed by atoms with van der Waals surface area (Å²) in [6, 6.07) is 13.7. The maximum atomic E-state index is 12.5. The van der Waals surface area contributed by atoms with E-state index < -0.39 is 0 Å². The molecule has 128 valence electrons. The highest BCUT2D eigenvalue weighted by Crippen LogP contribution is 2.22. The number of carbonyl (C=O) groups is 1. The molecule has 2 rings (SSSR count). The van der Waals surface area contributed by atoms with Gasteiger partial charge in [0.05, 0.1) is 12.6 Å². The van der Waals surface area contributed by atoms with Crippen LogP contribution in [0.15, 0.2) is 42.5 Å². The Kier molecular flexibility index (Phi) is 6.42. The van der Waals surface area contributed by atoms with Gasteiger partial charge in [0.15, 0.2) is 0 Å². The summed E-state index contributed by atoms with van der Waals surface area (Å²) >= 11 is 0. The standard InChI is InChI=1S/C21H27NO2/c1-5-13-24-18-10-8-17(9-11-18)21(23)22-20(6-2)19-12-7-15(3)14-16(19)4/h7-12,14,20H,5-6,13H2,1-4H3,(H,22,23)/t20-/m0/s1. The number of nitrogens with one attached hydrogen (secondary N) is 1. The zero-order valence-corrected chi connectivity index (χ0v) is 15.1. The van der Waals surface area contributed by atoms with Crippen molar-refractivity contribution in [2.45, 2.75) is 46.6 Å². The second-order valence-corrected chi connectivity index (χ2v) is 6.17. The lowest BCUT2D eigenvalue weighted by Crippen LogP contribution is -2.28. The van der Waals surface area contributed by atoms with Gasteiger partial charge in [-0.15, -0.1) is 0 Å². The molecule has 0 aliphatic carbocycles. The minimum atomic E-state index is -0.0520. The van der Waals surface area contributed by atoms with Crippen molar-refractivity contribution >= 4 is 5.91 Å². The van der Waals surface area contributed by atoms with Crippen molar-refractivity contribution < 1.29 is 9.53 Å². The van der Waals surface area contributed by atoms with E-state index in [0.717, 1.165) is 18.6 Å². The molecule has 1 N–H and O–H groups in total. The summed E-state index contributed by atoms with van der Waals surface area (Å²) in [5.41, 5.74) is 4.28. The summed E-state index contributed by atoms with van der Waals surface area (Å²) in [6.45, 7) is 9.03. The van der Waals surface area contributed by atoms with Crippen molar-refractivity contribution in [3.05, 3.63) is 64.7 Å². The molecule has 0 unspecified atom stereocenters. The summed E-state index contributed by atoms with van der Waals surface area (Å²) in [4.78, 5) is 12.5. The predicted octanol–water partition coefficient (Wildman–Crippen LogP) is 4.97. The molecule has 0 aliphatic heterocycles. The van der Waals surface area contributed by atoms with Gasteiger partial charge in [-0.3, -0.25) is 4.79 Å². The van der Waals surface area contributed by atoms with Gasteiger partial charge < -0.3 is 10.1 Å². The number of amides is 1. The fourth-order valence-corrected chi connectivity index (χ4v) is 2.78. The number of hydrogen-bond acceptors (Lipinski definition) is 2. The molecule has 0 saturated carbocycles. The van der Waals surface area contributed by atoms with E-state index >= 15 is 0 Å². The second kappa shape index (κ2) is 8.53. The first-order valence-corrected chi connectivity index (χ1v) is 8.66. The van der Waals surface area contributed by atoms with Crippen molar-refractivity contribution in [3.8, 4) is 5.75 Å². The Hall–Kier alpha value is -2.29. The highest BCUT2D eigenvalue weighted by Gasteiger charge is 2.16. The zero-order chi connectivity index (χ0) is 17.5. The van der Waals surface area contributed by atoms with Crippen LogP contribution in [0, 0.1) is 13.8 Å². The maximum Gasteiger partial charge on any atom is 0.251 e. The topological polar surface area (TPSA) is 38.3 Å². The van der Waals surface area contributed by atoms with E-state index in [1.165, 1.54) is 16.7 Å². The Balaban J connectivity index is 2.08. The lowest BCUT2D eigenvalue weighted by molar-refractivity contribution is 0.0935. The van der Waals surface area contributed by atoms with Gasteiger partial charge in [-0.1, -0.05) is 37.6 Å². The normalized spacial score (nSPS) is 11.8. The molecule has 2 aromatic rings.